The number of aryl methyl sites for hydroxylation is 1. The fourth-order valence-corrected chi connectivity index (χ4v) is 5.76. The summed E-state index contributed by atoms with van der Waals surface area (Å²) in [6.07, 6.45) is 9.47. The van der Waals surface area contributed by atoms with Gasteiger partial charge in [0, 0.05) is 18.7 Å². The Morgan fingerprint density at radius 3 is 2.27 bits per heavy atom. The second-order valence-corrected chi connectivity index (χ2v) is 11.6. The molecule has 1 atom stereocenters. The van der Waals surface area contributed by atoms with Crippen molar-refractivity contribution in [2.45, 2.75) is 89.3 Å². The van der Waals surface area contributed by atoms with Gasteiger partial charge < -0.3 is 34.1 Å². The minimum absolute atomic E-state index is 0.0503. The Balaban J connectivity index is 1.18. The van der Waals surface area contributed by atoms with Crippen LogP contribution in [0.5, 0.6) is 11.5 Å². The number of carboxylic acids is 1. The third kappa shape index (κ3) is 11.0. The maximum Gasteiger partial charge on any atom is 0.506 e. The zero-order chi connectivity index (χ0) is 31.1. The molecule has 1 saturated carbocycles. The molecular formula is C34H45NO9. The molecule has 44 heavy (non-hydrogen) atoms. The van der Waals surface area contributed by atoms with Crippen molar-refractivity contribution in [3.63, 3.8) is 0 Å². The summed E-state index contributed by atoms with van der Waals surface area (Å²) in [6, 6.07) is 12.6. The first kappa shape index (κ1) is 33.1. The molecule has 2 fully saturated rings. The number of unbranched alkanes of at least 4 members (excludes halogenated alkanes) is 1. The van der Waals surface area contributed by atoms with E-state index in [0.29, 0.717) is 50.0 Å². The van der Waals surface area contributed by atoms with E-state index < -0.39 is 18.2 Å². The summed E-state index contributed by atoms with van der Waals surface area (Å²) in [5.41, 5.74) is 1.71. The normalized spacial score (nSPS) is 17.2. The van der Waals surface area contributed by atoms with E-state index in [9.17, 15) is 19.5 Å². The fourth-order valence-electron chi connectivity index (χ4n) is 5.76. The van der Waals surface area contributed by atoms with E-state index in [4.69, 9.17) is 24.1 Å². The summed E-state index contributed by atoms with van der Waals surface area (Å²) < 4.78 is 22.7. The van der Waals surface area contributed by atoms with Gasteiger partial charge in [-0.15, -0.1) is 0 Å². The van der Waals surface area contributed by atoms with E-state index in [1.165, 1.54) is 44.2 Å². The maximum absolute atomic E-state index is 13.1. The molecule has 2 aliphatic rings. The minimum atomic E-state index is -1.36. The second-order valence-electron chi connectivity index (χ2n) is 11.6. The van der Waals surface area contributed by atoms with Gasteiger partial charge in [0.2, 0.25) is 5.91 Å². The number of carbonyl (C=O) groups excluding carboxylic acids is 1. The number of carbonyl (C=O) groups is 3. The van der Waals surface area contributed by atoms with Crippen molar-refractivity contribution in [1.29, 1.82) is 0 Å². The second kappa shape index (κ2) is 17.5. The van der Waals surface area contributed by atoms with Crippen LogP contribution in [0.15, 0.2) is 42.5 Å². The Bertz CT molecular complexity index is 1210. The van der Waals surface area contributed by atoms with Crippen molar-refractivity contribution in [2.75, 3.05) is 32.9 Å². The molecular weight excluding hydrogens is 566 g/mol. The molecule has 1 saturated heterocycles. The van der Waals surface area contributed by atoms with Crippen LogP contribution in [0.3, 0.4) is 0 Å². The predicted molar refractivity (Wildman–Crippen MR) is 164 cm³/mol. The van der Waals surface area contributed by atoms with Crippen molar-refractivity contribution in [2.24, 2.45) is 0 Å². The largest absolute Gasteiger partial charge is 0.506 e. The van der Waals surface area contributed by atoms with Crippen LogP contribution in [0.4, 0.5) is 4.79 Å². The molecule has 0 radical (unpaired) electrons. The summed E-state index contributed by atoms with van der Waals surface area (Å²) in [5, 5.41) is 18.4. The lowest BCUT2D eigenvalue weighted by molar-refractivity contribution is -0.133. The topological polar surface area (TPSA) is 132 Å². The number of piperidine rings is 1. The average molecular weight is 612 g/mol. The number of ether oxygens (including phenoxy) is 4. The molecule has 2 aromatic rings. The third-order valence-electron chi connectivity index (χ3n) is 8.15. The van der Waals surface area contributed by atoms with Crippen molar-refractivity contribution >= 4 is 18.0 Å². The van der Waals surface area contributed by atoms with E-state index in [0.717, 1.165) is 43.6 Å². The molecule has 4 rings (SSSR count). The summed E-state index contributed by atoms with van der Waals surface area (Å²) >= 11 is 0. The molecule has 1 heterocycles. The van der Waals surface area contributed by atoms with Gasteiger partial charge in [0.15, 0.2) is 0 Å². The van der Waals surface area contributed by atoms with Gasteiger partial charge in [0.25, 0.3) is 0 Å². The van der Waals surface area contributed by atoms with Crippen LogP contribution in [-0.2, 0) is 27.1 Å². The van der Waals surface area contributed by atoms with Crippen LogP contribution in [0.25, 0.3) is 0 Å². The van der Waals surface area contributed by atoms with Crippen LogP contribution in [-0.4, -0.2) is 78.3 Å². The van der Waals surface area contributed by atoms with Gasteiger partial charge in [0.1, 0.15) is 17.6 Å². The van der Waals surface area contributed by atoms with Gasteiger partial charge in [-0.3, -0.25) is 4.79 Å². The van der Waals surface area contributed by atoms with E-state index in [2.05, 4.69) is 0 Å². The highest BCUT2D eigenvalue weighted by Gasteiger charge is 2.27. The van der Waals surface area contributed by atoms with Gasteiger partial charge in [0.05, 0.1) is 37.8 Å². The molecule has 0 spiro atoms. The lowest BCUT2D eigenvalue weighted by Gasteiger charge is -2.32. The first-order valence-corrected chi connectivity index (χ1v) is 15.9. The highest BCUT2D eigenvalue weighted by Crippen LogP contribution is 2.24. The highest BCUT2D eigenvalue weighted by molar-refractivity contribution is 5.89. The molecule has 1 unspecified atom stereocenters. The van der Waals surface area contributed by atoms with Gasteiger partial charge >= 0.3 is 12.1 Å². The monoisotopic (exact) mass is 611 g/mol. The van der Waals surface area contributed by atoms with Gasteiger partial charge in [-0.25, -0.2) is 9.59 Å². The number of aromatic carboxylic acids is 1. The zero-order valence-electron chi connectivity index (χ0n) is 25.4. The van der Waals surface area contributed by atoms with Crippen LogP contribution < -0.4 is 9.47 Å². The van der Waals surface area contributed by atoms with E-state index in [-0.39, 0.29) is 24.4 Å². The van der Waals surface area contributed by atoms with Crippen LogP contribution in [0, 0.1) is 0 Å². The molecule has 1 aliphatic heterocycles. The molecule has 10 heteroatoms. The number of rotatable bonds is 16. The zero-order valence-corrected chi connectivity index (χ0v) is 25.4. The van der Waals surface area contributed by atoms with E-state index in [1.807, 2.05) is 24.3 Å². The molecule has 0 aromatic heterocycles. The first-order valence-electron chi connectivity index (χ1n) is 15.9. The predicted octanol–water partition coefficient (Wildman–Crippen LogP) is 6.13. The van der Waals surface area contributed by atoms with E-state index in [1.54, 1.807) is 11.0 Å². The number of benzene rings is 2. The lowest BCUT2D eigenvalue weighted by atomic mass is 9.98. The molecule has 1 amide bonds. The molecule has 240 valence electrons. The van der Waals surface area contributed by atoms with Crippen molar-refractivity contribution < 1.29 is 43.5 Å². The van der Waals surface area contributed by atoms with Crippen molar-refractivity contribution in [3.05, 3.63) is 59.2 Å². The lowest BCUT2D eigenvalue weighted by Crippen LogP contribution is -2.44. The summed E-state index contributed by atoms with van der Waals surface area (Å²) in [4.78, 5) is 37.1. The molecule has 10 nitrogen and oxygen atoms in total. The van der Waals surface area contributed by atoms with Gasteiger partial charge in [-0.05, 0) is 87.3 Å². The molecule has 0 bridgehead atoms. The maximum atomic E-state index is 13.1. The quantitative estimate of drug-likeness (QED) is 0.170. The number of amides is 1. The number of nitrogens with zero attached hydrogens (tertiary/aromatic N) is 1. The summed E-state index contributed by atoms with van der Waals surface area (Å²) in [5.74, 6) is -0.00688. The fraction of sp³-hybridized carbons (Fsp3) is 0.559. The first-order chi connectivity index (χ1) is 21.4. The third-order valence-corrected chi connectivity index (χ3v) is 8.15. The Labute approximate surface area is 259 Å². The minimum Gasteiger partial charge on any atom is -0.494 e. The molecule has 1 aliphatic carbocycles. The highest BCUT2D eigenvalue weighted by atomic mass is 16.7. The van der Waals surface area contributed by atoms with Crippen molar-refractivity contribution in [3.8, 4) is 11.5 Å². The standard InChI is InChI=1S/C34H45NO9/c36-32(35-18-6-11-30(24-35)44-34(39)40)23-27-22-26(33(37)38)14-17-31(27)43-21-7-8-25-12-15-29(16-13-25)42-20-5-4-19-41-28-9-2-1-3-10-28/h12-17,22,28,30H,1-11,18-21,23-24H2,(H,37,38)(H,39,40). The Hall–Kier alpha value is -3.79. The van der Waals surface area contributed by atoms with Crippen LogP contribution in [0.2, 0.25) is 0 Å². The molecule has 2 aromatic carbocycles. The molecule has 2 N–H and O–H groups in total. The Morgan fingerprint density at radius 2 is 1.52 bits per heavy atom. The van der Waals surface area contributed by atoms with Crippen LogP contribution >= 0.6 is 0 Å². The van der Waals surface area contributed by atoms with Crippen LogP contribution in [0.1, 0.15) is 85.7 Å². The van der Waals surface area contributed by atoms with E-state index >= 15 is 0 Å². The SMILES string of the molecule is O=C(O)OC1CCCN(C(=O)Cc2cc(C(=O)O)ccc2OCCCc2ccc(OCCCCOC3CCCCC3)cc2)C1. The number of hydrogen-bond acceptors (Lipinski definition) is 7. The summed E-state index contributed by atoms with van der Waals surface area (Å²) in [7, 11) is 0. The number of likely N-dealkylation sites (tertiary alicyclic amines) is 1. The number of carboxylic acid groups (broad SMARTS) is 2. The Kier molecular flexibility index (Phi) is 13.2. The van der Waals surface area contributed by atoms with Gasteiger partial charge in [-0.2, -0.15) is 0 Å². The van der Waals surface area contributed by atoms with Gasteiger partial charge in [-0.1, -0.05) is 31.4 Å². The Morgan fingerprint density at radius 1 is 0.795 bits per heavy atom. The number of hydrogen-bond donors (Lipinski definition) is 2. The summed E-state index contributed by atoms with van der Waals surface area (Å²) in [6.45, 7) is 2.54. The average Bonchev–Trinajstić information content (AvgIpc) is 3.02. The smallest absolute Gasteiger partial charge is 0.494 e. The van der Waals surface area contributed by atoms with Crippen molar-refractivity contribution in [1.82, 2.24) is 4.90 Å².